The van der Waals surface area contributed by atoms with Crippen molar-refractivity contribution in [1.82, 2.24) is 19.7 Å². The Hall–Kier alpha value is -0.880. The lowest BCUT2D eigenvalue weighted by atomic mass is 10.2. The van der Waals surface area contributed by atoms with Gasteiger partial charge in [0.05, 0.1) is 0 Å². The minimum absolute atomic E-state index is 0.720. The van der Waals surface area contributed by atoms with Crippen molar-refractivity contribution in [3.8, 4) is 0 Å². The quantitative estimate of drug-likeness (QED) is 0.845. The SMILES string of the molecule is CCn1c(N2CCN(CC(C)C)CC2)n[nH]c1=S. The Morgan fingerprint density at radius 3 is 2.50 bits per heavy atom. The first-order valence-corrected chi connectivity index (χ1v) is 7.15. The smallest absolute Gasteiger partial charge is 0.225 e. The molecule has 0 atom stereocenters. The average molecular weight is 269 g/mol. The maximum absolute atomic E-state index is 5.23. The first-order valence-electron chi connectivity index (χ1n) is 6.74. The molecule has 0 radical (unpaired) electrons. The number of nitrogens with zero attached hydrogens (tertiary/aromatic N) is 4. The predicted octanol–water partition coefficient (Wildman–Crippen LogP) is 1.74. The third-order valence-corrected chi connectivity index (χ3v) is 3.64. The van der Waals surface area contributed by atoms with E-state index in [0.717, 1.165) is 49.4 Å². The number of hydrogen-bond donors (Lipinski definition) is 1. The van der Waals surface area contributed by atoms with Gasteiger partial charge in [-0.1, -0.05) is 13.8 Å². The molecule has 0 aromatic carbocycles. The van der Waals surface area contributed by atoms with Gasteiger partial charge in [-0.25, -0.2) is 5.10 Å². The zero-order valence-corrected chi connectivity index (χ0v) is 12.3. The Bertz CT molecular complexity index is 428. The summed E-state index contributed by atoms with van der Waals surface area (Å²) in [7, 11) is 0. The number of hydrogen-bond acceptors (Lipinski definition) is 4. The molecule has 0 bridgehead atoms. The summed E-state index contributed by atoms with van der Waals surface area (Å²) in [5, 5.41) is 7.24. The monoisotopic (exact) mass is 269 g/mol. The second-order valence-corrected chi connectivity index (χ2v) is 5.64. The van der Waals surface area contributed by atoms with E-state index in [2.05, 4.69) is 45.3 Å². The Labute approximate surface area is 114 Å². The van der Waals surface area contributed by atoms with Gasteiger partial charge in [-0.05, 0) is 25.1 Å². The average Bonchev–Trinajstić information content (AvgIpc) is 2.70. The molecule has 0 saturated carbocycles. The van der Waals surface area contributed by atoms with Crippen molar-refractivity contribution in [2.45, 2.75) is 27.3 Å². The number of anilines is 1. The van der Waals surface area contributed by atoms with Crippen molar-refractivity contribution in [2.24, 2.45) is 5.92 Å². The summed E-state index contributed by atoms with van der Waals surface area (Å²) in [6.45, 7) is 13.0. The number of aromatic nitrogens is 3. The van der Waals surface area contributed by atoms with Gasteiger partial charge in [0.1, 0.15) is 0 Å². The normalized spacial score (nSPS) is 17.7. The molecule has 1 aromatic rings. The van der Waals surface area contributed by atoms with Crippen molar-refractivity contribution < 1.29 is 0 Å². The zero-order valence-electron chi connectivity index (χ0n) is 11.5. The third-order valence-electron chi connectivity index (χ3n) is 3.33. The molecule has 2 heterocycles. The maximum Gasteiger partial charge on any atom is 0.225 e. The minimum Gasteiger partial charge on any atom is -0.338 e. The van der Waals surface area contributed by atoms with Crippen LogP contribution >= 0.6 is 12.2 Å². The van der Waals surface area contributed by atoms with E-state index in [0.29, 0.717) is 0 Å². The van der Waals surface area contributed by atoms with Gasteiger partial charge in [-0.3, -0.25) is 9.47 Å². The van der Waals surface area contributed by atoms with Crippen LogP contribution in [0.2, 0.25) is 0 Å². The highest BCUT2D eigenvalue weighted by atomic mass is 32.1. The van der Waals surface area contributed by atoms with Gasteiger partial charge < -0.3 is 4.90 Å². The van der Waals surface area contributed by atoms with Crippen molar-refractivity contribution in [3.05, 3.63) is 4.77 Å². The lowest BCUT2D eigenvalue weighted by Gasteiger charge is -2.35. The first kappa shape index (κ1) is 13.5. The van der Waals surface area contributed by atoms with Gasteiger partial charge in [-0.15, -0.1) is 5.10 Å². The number of aromatic amines is 1. The van der Waals surface area contributed by atoms with Crippen molar-refractivity contribution in [2.75, 3.05) is 37.6 Å². The minimum atomic E-state index is 0.720. The standard InChI is InChI=1S/C12H23N5S/c1-4-17-11(13-14-12(17)18)16-7-5-15(6-8-16)9-10(2)3/h10H,4-9H2,1-3H3,(H,14,18). The molecule has 1 aromatic heterocycles. The highest BCUT2D eigenvalue weighted by Crippen LogP contribution is 2.14. The third kappa shape index (κ3) is 2.92. The Morgan fingerprint density at radius 1 is 1.28 bits per heavy atom. The molecule has 5 nitrogen and oxygen atoms in total. The van der Waals surface area contributed by atoms with Crippen LogP contribution < -0.4 is 4.90 Å². The highest BCUT2D eigenvalue weighted by Gasteiger charge is 2.21. The molecule has 18 heavy (non-hydrogen) atoms. The van der Waals surface area contributed by atoms with Gasteiger partial charge in [-0.2, -0.15) is 0 Å². The molecule has 0 aliphatic carbocycles. The van der Waals surface area contributed by atoms with Gasteiger partial charge in [0.25, 0.3) is 0 Å². The Balaban J connectivity index is 1.99. The molecule has 0 amide bonds. The summed E-state index contributed by atoms with van der Waals surface area (Å²) >= 11 is 5.23. The van der Waals surface area contributed by atoms with Crippen LogP contribution in [-0.4, -0.2) is 52.4 Å². The van der Waals surface area contributed by atoms with E-state index < -0.39 is 0 Å². The van der Waals surface area contributed by atoms with Crippen LogP contribution in [0.1, 0.15) is 20.8 Å². The summed E-state index contributed by atoms with van der Waals surface area (Å²) in [5.41, 5.74) is 0. The number of nitrogens with one attached hydrogen (secondary N) is 1. The second-order valence-electron chi connectivity index (χ2n) is 5.25. The molecular weight excluding hydrogens is 246 g/mol. The predicted molar refractivity (Wildman–Crippen MR) is 76.6 cm³/mol. The highest BCUT2D eigenvalue weighted by molar-refractivity contribution is 7.71. The maximum atomic E-state index is 5.23. The number of piperazine rings is 1. The van der Waals surface area contributed by atoms with Crippen LogP contribution in [-0.2, 0) is 6.54 Å². The fourth-order valence-corrected chi connectivity index (χ4v) is 2.74. The molecule has 0 unspecified atom stereocenters. The van der Waals surface area contributed by atoms with Crippen LogP contribution in [0.15, 0.2) is 0 Å². The number of H-pyrrole nitrogens is 1. The summed E-state index contributed by atoms with van der Waals surface area (Å²) in [5.74, 6) is 1.73. The van der Waals surface area contributed by atoms with Gasteiger partial charge >= 0.3 is 0 Å². The molecule has 0 spiro atoms. The van der Waals surface area contributed by atoms with Crippen molar-refractivity contribution in [3.63, 3.8) is 0 Å². The molecule has 1 aliphatic heterocycles. The van der Waals surface area contributed by atoms with Crippen LogP contribution in [0.25, 0.3) is 0 Å². The van der Waals surface area contributed by atoms with Crippen LogP contribution in [0, 0.1) is 10.7 Å². The molecule has 102 valence electrons. The molecule has 1 N–H and O–H groups in total. The first-order chi connectivity index (χ1) is 8.61. The Morgan fingerprint density at radius 2 is 1.94 bits per heavy atom. The molecule has 1 saturated heterocycles. The van der Waals surface area contributed by atoms with Gasteiger partial charge in [0.2, 0.25) is 5.95 Å². The van der Waals surface area contributed by atoms with E-state index in [-0.39, 0.29) is 0 Å². The fraction of sp³-hybridized carbons (Fsp3) is 0.833. The van der Waals surface area contributed by atoms with E-state index >= 15 is 0 Å². The molecule has 1 aliphatic rings. The topological polar surface area (TPSA) is 40.1 Å². The summed E-state index contributed by atoms with van der Waals surface area (Å²) in [6.07, 6.45) is 0. The van der Waals surface area contributed by atoms with Gasteiger partial charge in [0.15, 0.2) is 4.77 Å². The van der Waals surface area contributed by atoms with Gasteiger partial charge in [0, 0.05) is 39.3 Å². The second kappa shape index (κ2) is 5.84. The van der Waals surface area contributed by atoms with Crippen LogP contribution in [0.3, 0.4) is 0 Å². The van der Waals surface area contributed by atoms with E-state index in [1.807, 2.05) is 0 Å². The van der Waals surface area contributed by atoms with Crippen LogP contribution in [0.4, 0.5) is 5.95 Å². The summed E-state index contributed by atoms with van der Waals surface area (Å²) < 4.78 is 2.78. The van der Waals surface area contributed by atoms with E-state index in [4.69, 9.17) is 12.2 Å². The van der Waals surface area contributed by atoms with Crippen molar-refractivity contribution >= 4 is 18.2 Å². The lowest BCUT2D eigenvalue weighted by molar-refractivity contribution is 0.230. The number of rotatable bonds is 4. The van der Waals surface area contributed by atoms with E-state index in [1.54, 1.807) is 0 Å². The van der Waals surface area contributed by atoms with E-state index in [9.17, 15) is 0 Å². The van der Waals surface area contributed by atoms with Crippen LogP contribution in [0.5, 0.6) is 0 Å². The lowest BCUT2D eigenvalue weighted by Crippen LogP contribution is -2.48. The molecule has 6 heteroatoms. The fourth-order valence-electron chi connectivity index (χ4n) is 2.48. The zero-order chi connectivity index (χ0) is 13.1. The van der Waals surface area contributed by atoms with E-state index in [1.165, 1.54) is 6.54 Å². The Kier molecular flexibility index (Phi) is 4.40. The van der Waals surface area contributed by atoms with Crippen molar-refractivity contribution in [1.29, 1.82) is 0 Å². The summed E-state index contributed by atoms with van der Waals surface area (Å²) in [4.78, 5) is 4.85. The molecular formula is C12H23N5S. The summed E-state index contributed by atoms with van der Waals surface area (Å²) in [6, 6.07) is 0. The molecule has 1 fully saturated rings. The molecule has 2 rings (SSSR count). The largest absolute Gasteiger partial charge is 0.338 e.